The largest absolute Gasteiger partial charge is 0.460 e. The van der Waals surface area contributed by atoms with Crippen molar-refractivity contribution >= 4 is 24.0 Å². The number of rotatable bonds is 18. The number of methoxy groups -OCH3 is 2. The van der Waals surface area contributed by atoms with Crippen LogP contribution in [-0.2, 0) is 41.6 Å². The molecule has 0 aromatic heterocycles. The number of carbonyl (C=O) groups excluding carboxylic acids is 4. The molecule has 2 unspecified atom stereocenters. The summed E-state index contributed by atoms with van der Waals surface area (Å²) in [4.78, 5) is 56.7. The van der Waals surface area contributed by atoms with Crippen molar-refractivity contribution in [2.45, 2.75) is 39.0 Å². The summed E-state index contributed by atoms with van der Waals surface area (Å²) >= 11 is 0. The third-order valence-electron chi connectivity index (χ3n) is 9.92. The van der Waals surface area contributed by atoms with Gasteiger partial charge in [0, 0.05) is 25.6 Å². The lowest BCUT2D eigenvalue weighted by Crippen LogP contribution is -2.47. The summed E-state index contributed by atoms with van der Waals surface area (Å²) in [6, 6.07) is 30.8. The number of allylic oxidation sites excluding steroid dienone is 2. The number of ether oxygens (including phenoxy) is 6. The molecule has 2 N–H and O–H groups in total. The summed E-state index contributed by atoms with van der Waals surface area (Å²) in [6.45, 7) is 4.50. The number of hydrogen-bond donors (Lipinski definition) is 2. The summed E-state index contributed by atoms with van der Waals surface area (Å²) in [5, 5.41) is 5.95. The van der Waals surface area contributed by atoms with Gasteiger partial charge in [0.2, 0.25) is 6.79 Å². The van der Waals surface area contributed by atoms with Crippen LogP contribution in [0.3, 0.4) is 0 Å². The highest BCUT2D eigenvalue weighted by Gasteiger charge is 2.38. The Hall–Kier alpha value is -6.64. The maximum absolute atomic E-state index is 13.4. The standard InChI is InChI=1S/C45H48N4O10/c1-30-38(42(50)56-25-23-54-3)40(46-44(52)48(30)27-32-11-7-5-8-12-32)34-15-19-36(20-16-34)58-29-59-37-21-17-35(18-22-37)41-39(43(51)57-26-24-55-4)31(2)49(45(53)47-41)28-33-13-9-6-10-14-33/h5-22,40-41H,23-29H2,1-4H3,(H,46,52)(H,47,53). The Morgan fingerprint density at radius 1 is 0.542 bits per heavy atom. The van der Waals surface area contributed by atoms with Crippen molar-refractivity contribution in [3.63, 3.8) is 0 Å². The SMILES string of the molecule is COCCOC(=O)C1=C(C)N(Cc2ccccc2)C(=O)NC1c1ccc(OCOc2ccc(C3NC(=O)N(Cc4ccccc4)C(C)=C3C(=O)OCCOC)cc2)cc1. The first-order chi connectivity index (χ1) is 28.7. The number of benzene rings is 4. The average molecular weight is 805 g/mol. The monoisotopic (exact) mass is 804 g/mol. The molecule has 308 valence electrons. The van der Waals surface area contributed by atoms with E-state index >= 15 is 0 Å². The lowest BCUT2D eigenvalue weighted by molar-refractivity contribution is -0.141. The van der Waals surface area contributed by atoms with Gasteiger partial charge in [0.25, 0.3) is 0 Å². The molecule has 0 fully saturated rings. The third-order valence-corrected chi connectivity index (χ3v) is 9.92. The zero-order valence-electron chi connectivity index (χ0n) is 33.5. The van der Waals surface area contributed by atoms with Crippen LogP contribution in [0.25, 0.3) is 0 Å². The minimum atomic E-state index is -0.763. The van der Waals surface area contributed by atoms with E-state index in [4.69, 9.17) is 28.4 Å². The second-order valence-corrected chi connectivity index (χ2v) is 13.7. The van der Waals surface area contributed by atoms with Crippen LogP contribution in [-0.4, -0.2) is 81.2 Å². The third kappa shape index (κ3) is 10.5. The van der Waals surface area contributed by atoms with Crippen molar-refractivity contribution in [3.8, 4) is 11.5 Å². The number of hydrogen-bond acceptors (Lipinski definition) is 10. The molecular weight excluding hydrogens is 757 g/mol. The first-order valence-corrected chi connectivity index (χ1v) is 19.1. The molecule has 4 aromatic carbocycles. The zero-order chi connectivity index (χ0) is 41.7. The molecule has 0 radical (unpaired) electrons. The number of carbonyl (C=O) groups is 4. The van der Waals surface area contributed by atoms with Gasteiger partial charge in [0.1, 0.15) is 24.7 Å². The van der Waals surface area contributed by atoms with E-state index in [0.717, 1.165) is 11.1 Å². The Morgan fingerprint density at radius 3 is 1.27 bits per heavy atom. The van der Waals surface area contributed by atoms with E-state index in [-0.39, 0.29) is 58.4 Å². The van der Waals surface area contributed by atoms with E-state index < -0.39 is 24.0 Å². The van der Waals surface area contributed by atoms with Crippen LogP contribution in [0.15, 0.2) is 132 Å². The van der Waals surface area contributed by atoms with Crippen LogP contribution in [0.2, 0.25) is 0 Å². The van der Waals surface area contributed by atoms with Gasteiger partial charge in [-0.15, -0.1) is 0 Å². The van der Waals surface area contributed by atoms with E-state index in [1.54, 1.807) is 62.4 Å². The Labute approximate surface area is 343 Å². The van der Waals surface area contributed by atoms with E-state index in [0.29, 0.717) is 45.2 Å². The summed E-state index contributed by atoms with van der Waals surface area (Å²) in [7, 11) is 3.05. The lowest BCUT2D eigenvalue weighted by Gasteiger charge is -2.35. The van der Waals surface area contributed by atoms with Crippen LogP contribution < -0.4 is 20.1 Å². The molecule has 0 saturated carbocycles. The first kappa shape index (κ1) is 42.0. The fourth-order valence-electron chi connectivity index (χ4n) is 6.77. The van der Waals surface area contributed by atoms with Gasteiger partial charge in [-0.1, -0.05) is 84.9 Å². The normalized spacial score (nSPS) is 16.7. The molecule has 2 aliphatic heterocycles. The maximum atomic E-state index is 13.4. The Kier molecular flexibility index (Phi) is 14.4. The number of nitrogens with one attached hydrogen (secondary N) is 2. The van der Waals surface area contributed by atoms with Gasteiger partial charge < -0.3 is 39.1 Å². The molecule has 2 aliphatic rings. The van der Waals surface area contributed by atoms with Crippen LogP contribution in [0.5, 0.6) is 11.5 Å². The minimum Gasteiger partial charge on any atom is -0.460 e. The summed E-state index contributed by atoms with van der Waals surface area (Å²) in [5.74, 6) is -0.124. The molecule has 0 spiro atoms. The average Bonchev–Trinajstić information content (AvgIpc) is 3.25. The van der Waals surface area contributed by atoms with Crippen LogP contribution in [0.1, 0.15) is 48.2 Å². The molecular formula is C45H48N4O10. The number of urea groups is 2. The highest BCUT2D eigenvalue weighted by atomic mass is 16.7. The lowest BCUT2D eigenvalue weighted by atomic mass is 9.94. The van der Waals surface area contributed by atoms with Crippen molar-refractivity contribution < 1.29 is 47.6 Å². The van der Waals surface area contributed by atoms with Gasteiger partial charge >= 0.3 is 24.0 Å². The number of nitrogens with zero attached hydrogens (tertiary/aromatic N) is 2. The van der Waals surface area contributed by atoms with Crippen molar-refractivity contribution in [1.29, 1.82) is 0 Å². The Bertz CT molecular complexity index is 1990. The van der Waals surface area contributed by atoms with E-state index in [9.17, 15) is 19.2 Å². The number of amides is 4. The Morgan fingerprint density at radius 2 is 0.915 bits per heavy atom. The van der Waals surface area contributed by atoms with Gasteiger partial charge in [-0.25, -0.2) is 19.2 Å². The smallest absolute Gasteiger partial charge is 0.338 e. The second kappa shape index (κ2) is 20.2. The van der Waals surface area contributed by atoms with E-state index in [1.807, 2.05) is 60.7 Å². The quantitative estimate of drug-likeness (QED) is 0.0642. The summed E-state index contributed by atoms with van der Waals surface area (Å²) < 4.78 is 32.9. The highest BCUT2D eigenvalue weighted by Crippen LogP contribution is 2.35. The molecule has 4 aromatic rings. The van der Waals surface area contributed by atoms with Crippen molar-refractivity contribution in [2.75, 3.05) is 47.4 Å². The van der Waals surface area contributed by atoms with Gasteiger partial charge in [-0.3, -0.25) is 9.80 Å². The van der Waals surface area contributed by atoms with Gasteiger partial charge in [0.05, 0.1) is 49.5 Å². The minimum absolute atomic E-state index is 0.0632. The first-order valence-electron chi connectivity index (χ1n) is 19.1. The Balaban J connectivity index is 1.12. The molecule has 0 saturated heterocycles. The molecule has 0 aliphatic carbocycles. The van der Waals surface area contributed by atoms with Crippen molar-refractivity contribution in [1.82, 2.24) is 20.4 Å². The molecule has 2 atom stereocenters. The van der Waals surface area contributed by atoms with Crippen LogP contribution >= 0.6 is 0 Å². The van der Waals surface area contributed by atoms with Crippen LogP contribution in [0, 0.1) is 0 Å². The predicted octanol–water partition coefficient (Wildman–Crippen LogP) is 6.56. The van der Waals surface area contributed by atoms with Crippen molar-refractivity contribution in [2.24, 2.45) is 0 Å². The molecule has 2 heterocycles. The molecule has 59 heavy (non-hydrogen) atoms. The summed E-state index contributed by atoms with van der Waals surface area (Å²) in [5.41, 5.74) is 4.75. The molecule has 4 amide bonds. The summed E-state index contributed by atoms with van der Waals surface area (Å²) in [6.07, 6.45) is 0. The van der Waals surface area contributed by atoms with Crippen molar-refractivity contribution in [3.05, 3.63) is 154 Å². The maximum Gasteiger partial charge on any atom is 0.338 e. The molecule has 0 bridgehead atoms. The van der Waals surface area contributed by atoms with Gasteiger partial charge in [0.15, 0.2) is 0 Å². The second-order valence-electron chi connectivity index (χ2n) is 13.7. The van der Waals surface area contributed by atoms with E-state index in [1.165, 1.54) is 24.0 Å². The van der Waals surface area contributed by atoms with Gasteiger partial charge in [-0.2, -0.15) is 0 Å². The predicted molar refractivity (Wildman–Crippen MR) is 217 cm³/mol. The van der Waals surface area contributed by atoms with Crippen LogP contribution in [0.4, 0.5) is 9.59 Å². The molecule has 6 rings (SSSR count). The fraction of sp³-hybridized carbons (Fsp3) is 0.289. The topological polar surface area (TPSA) is 154 Å². The van der Waals surface area contributed by atoms with E-state index in [2.05, 4.69) is 10.6 Å². The number of esters is 2. The zero-order valence-corrected chi connectivity index (χ0v) is 33.5. The molecule has 14 nitrogen and oxygen atoms in total. The fourth-order valence-corrected chi connectivity index (χ4v) is 6.77. The highest BCUT2D eigenvalue weighted by molar-refractivity contribution is 5.96. The molecule has 14 heteroatoms. The van der Waals surface area contributed by atoms with Gasteiger partial charge in [-0.05, 0) is 60.4 Å².